The lowest BCUT2D eigenvalue weighted by atomic mass is 10.0. The Morgan fingerprint density at radius 3 is 2.52 bits per heavy atom. The normalized spacial score (nSPS) is 11.9. The predicted octanol–water partition coefficient (Wildman–Crippen LogP) is 5.46. The Labute approximate surface area is 132 Å². The van der Waals surface area contributed by atoms with Gasteiger partial charge in [-0.1, -0.05) is 23.7 Å². The highest BCUT2D eigenvalue weighted by Gasteiger charge is 2.30. The van der Waals surface area contributed by atoms with Crippen molar-refractivity contribution in [3.05, 3.63) is 58.4 Å². The number of alkyl halides is 3. The fourth-order valence-corrected chi connectivity index (χ4v) is 2.65. The molecule has 3 aromatic rings. The van der Waals surface area contributed by atoms with Gasteiger partial charge in [-0.2, -0.15) is 13.2 Å². The number of carbonyl (C=O) groups is 1. The van der Waals surface area contributed by atoms with Gasteiger partial charge in [-0.25, -0.2) is 4.39 Å². The van der Waals surface area contributed by atoms with Crippen LogP contribution in [-0.2, 0) is 6.18 Å². The van der Waals surface area contributed by atoms with Crippen molar-refractivity contribution in [2.45, 2.75) is 6.18 Å². The molecule has 2 aromatic carbocycles. The number of aromatic nitrogens is 1. The third-order valence-corrected chi connectivity index (χ3v) is 3.68. The summed E-state index contributed by atoms with van der Waals surface area (Å²) in [6.07, 6.45) is -4.05. The monoisotopic (exact) mass is 341 g/mol. The van der Waals surface area contributed by atoms with E-state index in [-0.39, 0.29) is 32.7 Å². The van der Waals surface area contributed by atoms with Crippen LogP contribution < -0.4 is 0 Å². The third kappa shape index (κ3) is 2.70. The number of hydrogen-bond acceptors (Lipinski definition) is 1. The number of fused-ring (bicyclic) bond motifs is 1. The fourth-order valence-electron chi connectivity index (χ4n) is 2.44. The summed E-state index contributed by atoms with van der Waals surface area (Å²) in [4.78, 5) is 14.0. The molecular weight excluding hydrogens is 334 g/mol. The molecular formula is C16H8ClF4NO. The summed E-state index contributed by atoms with van der Waals surface area (Å²) in [7, 11) is 0. The van der Waals surface area contributed by atoms with E-state index in [9.17, 15) is 22.4 Å². The van der Waals surface area contributed by atoms with Crippen molar-refractivity contribution in [1.82, 2.24) is 4.98 Å². The summed E-state index contributed by atoms with van der Waals surface area (Å²) in [5.74, 6) is -0.686. The van der Waals surface area contributed by atoms with Gasteiger partial charge < -0.3 is 4.98 Å². The molecule has 118 valence electrons. The van der Waals surface area contributed by atoms with Gasteiger partial charge in [0.2, 0.25) is 0 Å². The van der Waals surface area contributed by atoms with Gasteiger partial charge in [0.15, 0.2) is 6.29 Å². The van der Waals surface area contributed by atoms with Gasteiger partial charge in [0.25, 0.3) is 0 Å². The van der Waals surface area contributed by atoms with Gasteiger partial charge in [0, 0.05) is 16.0 Å². The third-order valence-electron chi connectivity index (χ3n) is 3.46. The molecule has 2 nitrogen and oxygen atoms in total. The molecule has 7 heteroatoms. The molecule has 0 spiro atoms. The molecule has 0 aliphatic carbocycles. The van der Waals surface area contributed by atoms with Crippen molar-refractivity contribution in [2.75, 3.05) is 0 Å². The minimum atomic E-state index is -4.52. The van der Waals surface area contributed by atoms with E-state index in [0.29, 0.717) is 6.29 Å². The van der Waals surface area contributed by atoms with Crippen LogP contribution >= 0.6 is 11.6 Å². The Kier molecular flexibility index (Phi) is 3.64. The standard InChI is InChI=1S/C16H8ClF4NO/c17-10-5-11-12(7-23)14(22-15(11)13(18)6-10)8-2-1-3-9(4-8)16(19,20)21/h1-7,22H. The molecule has 23 heavy (non-hydrogen) atoms. The van der Waals surface area contributed by atoms with Crippen molar-refractivity contribution in [2.24, 2.45) is 0 Å². The van der Waals surface area contributed by atoms with Crippen LogP contribution in [0.5, 0.6) is 0 Å². The first-order valence-electron chi connectivity index (χ1n) is 6.45. The minimum absolute atomic E-state index is 0.0175. The number of halogens is 5. The van der Waals surface area contributed by atoms with E-state index in [4.69, 9.17) is 11.6 Å². The lowest BCUT2D eigenvalue weighted by molar-refractivity contribution is -0.137. The quantitative estimate of drug-likeness (QED) is 0.487. The van der Waals surface area contributed by atoms with Gasteiger partial charge in [-0.05, 0) is 29.8 Å². The van der Waals surface area contributed by atoms with Gasteiger partial charge >= 0.3 is 6.18 Å². The second-order valence-electron chi connectivity index (χ2n) is 4.92. The number of hydrogen-bond donors (Lipinski definition) is 1. The highest BCUT2D eigenvalue weighted by atomic mass is 35.5. The highest BCUT2D eigenvalue weighted by Crippen LogP contribution is 2.35. The van der Waals surface area contributed by atoms with Gasteiger partial charge in [0.1, 0.15) is 5.82 Å². The molecule has 0 amide bonds. The molecule has 0 radical (unpaired) electrons. The molecule has 0 aliphatic heterocycles. The minimum Gasteiger partial charge on any atom is -0.352 e. The zero-order valence-corrected chi connectivity index (χ0v) is 12.1. The first kappa shape index (κ1) is 15.6. The van der Waals surface area contributed by atoms with Crippen LogP contribution in [0.1, 0.15) is 15.9 Å². The zero-order chi connectivity index (χ0) is 16.8. The van der Waals surface area contributed by atoms with E-state index in [1.807, 2.05) is 0 Å². The maximum atomic E-state index is 13.9. The number of rotatable bonds is 2. The highest BCUT2D eigenvalue weighted by molar-refractivity contribution is 6.31. The molecule has 3 rings (SSSR count). The maximum Gasteiger partial charge on any atom is 0.416 e. The first-order valence-corrected chi connectivity index (χ1v) is 6.82. The van der Waals surface area contributed by atoms with Crippen LogP contribution in [0.2, 0.25) is 5.02 Å². The molecule has 0 fully saturated rings. The van der Waals surface area contributed by atoms with Gasteiger partial charge in [-0.3, -0.25) is 4.79 Å². The van der Waals surface area contributed by atoms with Crippen LogP contribution in [0.25, 0.3) is 22.2 Å². The van der Waals surface area contributed by atoms with E-state index >= 15 is 0 Å². The van der Waals surface area contributed by atoms with E-state index < -0.39 is 17.6 Å². The Balaban J connectivity index is 2.29. The van der Waals surface area contributed by atoms with Crippen molar-refractivity contribution in [3.8, 4) is 11.3 Å². The summed E-state index contributed by atoms with van der Waals surface area (Å²) in [6, 6.07) is 6.90. The molecule has 1 aromatic heterocycles. The average Bonchev–Trinajstić information content (AvgIpc) is 2.85. The van der Waals surface area contributed by atoms with Crippen LogP contribution in [0.4, 0.5) is 17.6 Å². The van der Waals surface area contributed by atoms with Crippen molar-refractivity contribution < 1.29 is 22.4 Å². The molecule has 0 unspecified atom stereocenters. The number of aromatic amines is 1. The molecule has 0 aliphatic rings. The van der Waals surface area contributed by atoms with E-state index in [1.54, 1.807) is 0 Å². The lowest BCUT2D eigenvalue weighted by Gasteiger charge is -2.08. The Hall–Kier alpha value is -2.34. The molecule has 0 saturated carbocycles. The topological polar surface area (TPSA) is 32.9 Å². The van der Waals surface area contributed by atoms with Crippen molar-refractivity contribution in [3.63, 3.8) is 0 Å². The van der Waals surface area contributed by atoms with Crippen LogP contribution in [0, 0.1) is 5.82 Å². The SMILES string of the molecule is O=Cc1c(-c2cccc(C(F)(F)F)c2)[nH]c2c(F)cc(Cl)cc12. The summed E-state index contributed by atoms with van der Waals surface area (Å²) in [5, 5.41) is 0.310. The number of benzene rings is 2. The van der Waals surface area contributed by atoms with Crippen LogP contribution in [0.15, 0.2) is 36.4 Å². The molecule has 1 N–H and O–H groups in total. The van der Waals surface area contributed by atoms with E-state index in [2.05, 4.69) is 4.98 Å². The summed E-state index contributed by atoms with van der Waals surface area (Å²) in [5.41, 5.74) is -0.537. The first-order chi connectivity index (χ1) is 10.8. The largest absolute Gasteiger partial charge is 0.416 e. The molecule has 1 heterocycles. The van der Waals surface area contributed by atoms with Crippen molar-refractivity contribution >= 4 is 28.8 Å². The zero-order valence-electron chi connectivity index (χ0n) is 11.3. The van der Waals surface area contributed by atoms with Crippen molar-refractivity contribution in [1.29, 1.82) is 0 Å². The van der Waals surface area contributed by atoms with Crippen LogP contribution in [-0.4, -0.2) is 11.3 Å². The van der Waals surface area contributed by atoms with Crippen LogP contribution in [0.3, 0.4) is 0 Å². The summed E-state index contributed by atoms with van der Waals surface area (Å²) in [6.45, 7) is 0. The summed E-state index contributed by atoms with van der Waals surface area (Å²) < 4.78 is 52.4. The Bertz CT molecular complexity index is 914. The molecule has 0 bridgehead atoms. The lowest BCUT2D eigenvalue weighted by Crippen LogP contribution is -2.04. The fraction of sp³-hybridized carbons (Fsp3) is 0.0625. The van der Waals surface area contributed by atoms with Gasteiger partial charge in [0.05, 0.1) is 16.8 Å². The van der Waals surface area contributed by atoms with E-state index in [0.717, 1.165) is 18.2 Å². The number of nitrogens with one attached hydrogen (secondary N) is 1. The number of H-pyrrole nitrogens is 1. The van der Waals surface area contributed by atoms with E-state index in [1.165, 1.54) is 18.2 Å². The number of carbonyl (C=O) groups excluding carboxylic acids is 1. The number of aldehydes is 1. The second-order valence-corrected chi connectivity index (χ2v) is 5.36. The molecule has 0 saturated heterocycles. The Morgan fingerprint density at radius 1 is 1.13 bits per heavy atom. The summed E-state index contributed by atoms with van der Waals surface area (Å²) >= 11 is 5.77. The van der Waals surface area contributed by atoms with Gasteiger partial charge in [-0.15, -0.1) is 0 Å². The maximum absolute atomic E-state index is 13.9. The second kappa shape index (κ2) is 5.38. The average molecular weight is 342 g/mol. The Morgan fingerprint density at radius 2 is 1.87 bits per heavy atom. The predicted molar refractivity (Wildman–Crippen MR) is 79.1 cm³/mol. The smallest absolute Gasteiger partial charge is 0.352 e. The molecule has 0 atom stereocenters.